The lowest BCUT2D eigenvalue weighted by Crippen LogP contribution is -2.35. The second kappa shape index (κ2) is 8.70. The number of ether oxygens (including phenoxy) is 1. The molecule has 25 heavy (non-hydrogen) atoms. The molecule has 130 valence electrons. The lowest BCUT2D eigenvalue weighted by Gasteiger charge is -2.06. The van der Waals surface area contributed by atoms with Gasteiger partial charge in [-0.3, -0.25) is 9.59 Å². The first kappa shape index (κ1) is 18.3. The fourth-order valence-electron chi connectivity index (χ4n) is 1.88. The maximum absolute atomic E-state index is 11.9. The molecule has 0 aliphatic carbocycles. The molecule has 3 N–H and O–H groups in total. The van der Waals surface area contributed by atoms with E-state index in [9.17, 15) is 14.7 Å². The van der Waals surface area contributed by atoms with Crippen molar-refractivity contribution < 1.29 is 19.4 Å². The Balaban J connectivity index is 1.87. The second-order valence-corrected chi connectivity index (χ2v) is 5.29. The van der Waals surface area contributed by atoms with Gasteiger partial charge in [0.2, 0.25) is 0 Å². The van der Waals surface area contributed by atoms with Crippen LogP contribution in [0.4, 0.5) is 0 Å². The first-order valence-electron chi connectivity index (χ1n) is 7.23. The van der Waals surface area contributed by atoms with Crippen LogP contribution in [0.2, 0.25) is 5.02 Å². The van der Waals surface area contributed by atoms with Crippen molar-refractivity contribution in [2.45, 2.75) is 0 Å². The third-order valence-electron chi connectivity index (χ3n) is 3.16. The Hall–Kier alpha value is -3.06. The van der Waals surface area contributed by atoms with Crippen LogP contribution in [-0.4, -0.2) is 36.8 Å². The van der Waals surface area contributed by atoms with E-state index >= 15 is 0 Å². The van der Waals surface area contributed by atoms with Gasteiger partial charge in [0.15, 0.2) is 0 Å². The van der Waals surface area contributed by atoms with Crippen molar-refractivity contribution in [1.82, 2.24) is 10.7 Å². The summed E-state index contributed by atoms with van der Waals surface area (Å²) in [5.41, 5.74) is 2.90. The molecule has 2 aromatic rings. The first-order valence-corrected chi connectivity index (χ1v) is 7.60. The lowest BCUT2D eigenvalue weighted by atomic mass is 10.2. The van der Waals surface area contributed by atoms with Crippen molar-refractivity contribution in [3.63, 3.8) is 0 Å². The molecule has 0 unspecified atom stereocenters. The second-order valence-electron chi connectivity index (χ2n) is 4.88. The van der Waals surface area contributed by atoms with E-state index in [0.717, 1.165) is 0 Å². The maximum Gasteiger partial charge on any atom is 0.259 e. The van der Waals surface area contributed by atoms with E-state index in [4.69, 9.17) is 16.3 Å². The molecule has 0 aliphatic heterocycles. The maximum atomic E-state index is 11.9. The quantitative estimate of drug-likeness (QED) is 0.540. The molecule has 0 spiro atoms. The minimum Gasteiger partial charge on any atom is -0.507 e. The van der Waals surface area contributed by atoms with Crippen molar-refractivity contribution in [2.24, 2.45) is 5.10 Å². The zero-order valence-corrected chi connectivity index (χ0v) is 14.1. The number of carbonyl (C=O) groups excluding carboxylic acids is 2. The van der Waals surface area contributed by atoms with E-state index in [-0.39, 0.29) is 17.9 Å². The Kier molecular flexibility index (Phi) is 6.36. The highest BCUT2D eigenvalue weighted by atomic mass is 35.5. The van der Waals surface area contributed by atoms with E-state index in [1.54, 1.807) is 36.4 Å². The molecular formula is C17H16ClN3O4. The van der Waals surface area contributed by atoms with Crippen LogP contribution in [0, 0.1) is 0 Å². The smallest absolute Gasteiger partial charge is 0.259 e. The number of amides is 2. The van der Waals surface area contributed by atoms with Crippen molar-refractivity contribution in [3.8, 4) is 11.5 Å². The number of carbonyl (C=O) groups is 2. The summed E-state index contributed by atoms with van der Waals surface area (Å²) >= 11 is 5.91. The summed E-state index contributed by atoms with van der Waals surface area (Å²) in [4.78, 5) is 23.6. The highest BCUT2D eigenvalue weighted by Crippen LogP contribution is 2.20. The topological polar surface area (TPSA) is 100 Å². The molecule has 2 aromatic carbocycles. The predicted octanol–water partition coefficient (Wildman–Crippen LogP) is 1.93. The Labute approximate surface area is 149 Å². The fourth-order valence-corrected chi connectivity index (χ4v) is 2.10. The summed E-state index contributed by atoms with van der Waals surface area (Å²) < 4.78 is 5.04. The van der Waals surface area contributed by atoms with Crippen molar-refractivity contribution in [1.29, 1.82) is 0 Å². The van der Waals surface area contributed by atoms with Crippen LogP contribution in [0.1, 0.15) is 15.9 Å². The van der Waals surface area contributed by atoms with Crippen LogP contribution in [0.15, 0.2) is 47.6 Å². The summed E-state index contributed by atoms with van der Waals surface area (Å²) in [5, 5.41) is 16.2. The number of nitrogens with one attached hydrogen (secondary N) is 2. The molecule has 0 aliphatic rings. The Morgan fingerprint density at radius 2 is 2.04 bits per heavy atom. The molecule has 0 atom stereocenters. The van der Waals surface area contributed by atoms with Gasteiger partial charge < -0.3 is 15.2 Å². The van der Waals surface area contributed by atoms with Crippen LogP contribution >= 0.6 is 11.6 Å². The van der Waals surface area contributed by atoms with Gasteiger partial charge in [0.1, 0.15) is 11.5 Å². The third-order valence-corrected chi connectivity index (χ3v) is 3.49. The number of benzene rings is 2. The molecule has 0 radical (unpaired) electrons. The van der Waals surface area contributed by atoms with Crippen molar-refractivity contribution >= 4 is 29.6 Å². The molecule has 2 amide bonds. The largest absolute Gasteiger partial charge is 0.507 e. The summed E-state index contributed by atoms with van der Waals surface area (Å²) in [7, 11) is 1.50. The zero-order valence-electron chi connectivity index (χ0n) is 13.3. The van der Waals surface area contributed by atoms with E-state index in [0.29, 0.717) is 16.3 Å². The number of methoxy groups -OCH3 is 1. The monoisotopic (exact) mass is 361 g/mol. The van der Waals surface area contributed by atoms with E-state index in [1.165, 1.54) is 19.4 Å². The van der Waals surface area contributed by atoms with Crippen molar-refractivity contribution in [2.75, 3.05) is 13.7 Å². The van der Waals surface area contributed by atoms with Crippen LogP contribution in [0.25, 0.3) is 0 Å². The molecular weight excluding hydrogens is 346 g/mol. The van der Waals surface area contributed by atoms with E-state index < -0.39 is 11.8 Å². The number of rotatable bonds is 6. The molecule has 0 fully saturated rings. The van der Waals surface area contributed by atoms with Gasteiger partial charge in [0, 0.05) is 5.56 Å². The number of hydrogen-bond donors (Lipinski definition) is 3. The molecule has 0 heterocycles. The van der Waals surface area contributed by atoms with Crippen LogP contribution in [-0.2, 0) is 4.79 Å². The van der Waals surface area contributed by atoms with Gasteiger partial charge in [-0.1, -0.05) is 23.7 Å². The summed E-state index contributed by atoms with van der Waals surface area (Å²) in [5.74, 6) is -0.461. The van der Waals surface area contributed by atoms with Gasteiger partial charge in [0.25, 0.3) is 11.8 Å². The molecule has 0 aromatic heterocycles. The molecule has 0 bridgehead atoms. The molecule has 2 rings (SSSR count). The van der Waals surface area contributed by atoms with Gasteiger partial charge in [-0.15, -0.1) is 0 Å². The van der Waals surface area contributed by atoms with E-state index in [2.05, 4.69) is 15.8 Å². The van der Waals surface area contributed by atoms with Crippen LogP contribution in [0.3, 0.4) is 0 Å². The number of hydrogen-bond acceptors (Lipinski definition) is 5. The number of phenolic OH excluding ortho intramolecular Hbond substituents is 1. The van der Waals surface area contributed by atoms with Gasteiger partial charge in [-0.25, -0.2) is 5.43 Å². The number of halogens is 1. The fraction of sp³-hybridized carbons (Fsp3) is 0.118. The third kappa shape index (κ3) is 5.22. The minimum absolute atomic E-state index is 0.00850. The average Bonchev–Trinajstić information content (AvgIpc) is 2.61. The average molecular weight is 362 g/mol. The molecule has 0 saturated heterocycles. The summed E-state index contributed by atoms with van der Waals surface area (Å²) in [6, 6.07) is 11.1. The standard InChI is InChI=1S/C17H16ClN3O4/c1-25-12-6-7-15(22)11(8-12)9-20-21-16(23)10-19-17(24)13-4-2-3-5-14(13)18/h2-9,22H,10H2,1H3,(H,19,24)(H,21,23)/b20-9+. The van der Waals surface area contributed by atoms with Gasteiger partial charge in [-0.05, 0) is 30.3 Å². The normalized spacial score (nSPS) is 10.5. The molecule has 7 nitrogen and oxygen atoms in total. The highest BCUT2D eigenvalue weighted by Gasteiger charge is 2.10. The molecule has 0 saturated carbocycles. The van der Waals surface area contributed by atoms with Crippen molar-refractivity contribution in [3.05, 3.63) is 58.6 Å². The van der Waals surface area contributed by atoms with Crippen LogP contribution < -0.4 is 15.5 Å². The number of phenols is 1. The highest BCUT2D eigenvalue weighted by molar-refractivity contribution is 6.33. The lowest BCUT2D eigenvalue weighted by molar-refractivity contribution is -0.120. The van der Waals surface area contributed by atoms with Gasteiger partial charge >= 0.3 is 0 Å². The minimum atomic E-state index is -0.529. The number of hydrazone groups is 1. The predicted molar refractivity (Wildman–Crippen MR) is 94.2 cm³/mol. The Morgan fingerprint density at radius 1 is 1.28 bits per heavy atom. The van der Waals surface area contributed by atoms with Gasteiger partial charge in [-0.2, -0.15) is 5.10 Å². The number of aromatic hydroxyl groups is 1. The Morgan fingerprint density at radius 3 is 2.76 bits per heavy atom. The van der Waals surface area contributed by atoms with Gasteiger partial charge in [0.05, 0.1) is 30.5 Å². The van der Waals surface area contributed by atoms with E-state index in [1.807, 2.05) is 0 Å². The zero-order chi connectivity index (χ0) is 18.2. The van der Waals surface area contributed by atoms with Crippen LogP contribution in [0.5, 0.6) is 11.5 Å². The first-order chi connectivity index (χ1) is 12.0. The summed E-state index contributed by atoms with van der Waals surface area (Å²) in [6.45, 7) is -0.272. The SMILES string of the molecule is COc1ccc(O)c(/C=N/NC(=O)CNC(=O)c2ccccc2Cl)c1. The summed E-state index contributed by atoms with van der Waals surface area (Å²) in [6.07, 6.45) is 1.27. The number of nitrogens with zero attached hydrogens (tertiary/aromatic N) is 1. The molecule has 8 heteroatoms. The Bertz CT molecular complexity index is 808.